The lowest BCUT2D eigenvalue weighted by molar-refractivity contribution is 0.172. The second kappa shape index (κ2) is 12.8. The van der Waals surface area contributed by atoms with Gasteiger partial charge in [0, 0.05) is 7.26 Å². The topological polar surface area (TPSA) is 29.5 Å². The van der Waals surface area contributed by atoms with E-state index in [-0.39, 0.29) is 12.7 Å². The largest absolute Gasteiger partial charge is 0.393 e. The molecule has 2 nitrogen and oxygen atoms in total. The quantitative estimate of drug-likeness (QED) is 0.341. The molecule has 0 aliphatic heterocycles. The second-order valence-corrected chi connectivity index (χ2v) is 10.5. The average Bonchev–Trinajstić information content (AvgIpc) is 2.45. The number of hydrogen-bond donors (Lipinski definition) is 1. The zero-order chi connectivity index (χ0) is 14.6. The highest BCUT2D eigenvalue weighted by atomic mass is 127. The molecule has 0 heterocycles. The average molecular weight is 403 g/mol. The summed E-state index contributed by atoms with van der Waals surface area (Å²) in [5, 5.41) is 9.45. The van der Waals surface area contributed by atoms with Crippen LogP contribution in [0.25, 0.3) is 0 Å². The van der Waals surface area contributed by atoms with E-state index in [2.05, 4.69) is 20.8 Å². The predicted octanol–water partition coefficient (Wildman–Crippen LogP) is 5.13. The molecule has 1 atom stereocenters. The van der Waals surface area contributed by atoms with Crippen molar-refractivity contribution in [2.45, 2.75) is 65.4 Å². The first-order valence-electron chi connectivity index (χ1n) is 7.91. The highest BCUT2D eigenvalue weighted by molar-refractivity contribution is 14.1. The van der Waals surface area contributed by atoms with E-state index in [0.717, 1.165) is 6.16 Å². The standard InChI is InChI=1S/C15H33IO2P/c1-4-7-10-19(11-8-5-2,12-9-6-3)14-15(13-17)18-16/h15,17H,4-14H2,1-3H3/q+1. The molecule has 0 aromatic heterocycles. The normalized spacial score (nSPS) is 13.7. The van der Waals surface area contributed by atoms with Gasteiger partial charge in [-0.1, -0.05) is 40.0 Å². The van der Waals surface area contributed by atoms with Crippen molar-refractivity contribution in [1.29, 1.82) is 0 Å². The van der Waals surface area contributed by atoms with Gasteiger partial charge in [-0.15, -0.1) is 0 Å². The van der Waals surface area contributed by atoms with Crippen LogP contribution in [0.15, 0.2) is 0 Å². The molecule has 0 saturated heterocycles. The molecule has 0 amide bonds. The number of aliphatic hydroxyl groups excluding tert-OH is 1. The van der Waals surface area contributed by atoms with Crippen molar-refractivity contribution in [3.8, 4) is 0 Å². The third kappa shape index (κ3) is 8.85. The Balaban J connectivity index is 4.74. The van der Waals surface area contributed by atoms with Crippen LogP contribution in [0.4, 0.5) is 0 Å². The first-order valence-corrected chi connectivity index (χ1v) is 11.3. The predicted molar refractivity (Wildman–Crippen MR) is 97.1 cm³/mol. The van der Waals surface area contributed by atoms with Crippen molar-refractivity contribution < 1.29 is 8.17 Å². The molecule has 0 aromatic rings. The van der Waals surface area contributed by atoms with Crippen LogP contribution in [-0.4, -0.2) is 42.5 Å². The van der Waals surface area contributed by atoms with E-state index in [1.165, 1.54) is 57.0 Å². The Kier molecular flexibility index (Phi) is 13.5. The summed E-state index contributed by atoms with van der Waals surface area (Å²) in [7, 11) is -0.925. The van der Waals surface area contributed by atoms with E-state index in [4.69, 9.17) is 3.07 Å². The van der Waals surface area contributed by atoms with E-state index in [1.807, 2.05) is 23.0 Å². The fourth-order valence-corrected chi connectivity index (χ4v) is 8.49. The maximum absolute atomic E-state index is 9.45. The van der Waals surface area contributed by atoms with Gasteiger partial charge in [0.2, 0.25) is 0 Å². The first kappa shape index (κ1) is 20.1. The van der Waals surface area contributed by atoms with Crippen LogP contribution in [-0.2, 0) is 3.07 Å². The Morgan fingerprint density at radius 3 is 1.63 bits per heavy atom. The summed E-state index contributed by atoms with van der Waals surface area (Å²) in [5.41, 5.74) is 0. The smallest absolute Gasteiger partial charge is 0.126 e. The molecule has 0 aliphatic rings. The number of unbranched alkanes of at least 4 members (excludes halogenated alkanes) is 3. The fourth-order valence-electron chi connectivity index (χ4n) is 2.64. The number of aliphatic hydroxyl groups is 1. The lowest BCUT2D eigenvalue weighted by Crippen LogP contribution is -2.25. The maximum Gasteiger partial charge on any atom is 0.126 e. The van der Waals surface area contributed by atoms with Crippen molar-refractivity contribution >= 4 is 30.3 Å². The summed E-state index contributed by atoms with van der Waals surface area (Å²) in [4.78, 5) is 0. The zero-order valence-corrected chi connectivity index (χ0v) is 16.1. The van der Waals surface area contributed by atoms with Gasteiger partial charge >= 0.3 is 0 Å². The molecule has 19 heavy (non-hydrogen) atoms. The monoisotopic (exact) mass is 403 g/mol. The van der Waals surface area contributed by atoms with Crippen molar-refractivity contribution in [2.24, 2.45) is 0 Å². The number of rotatable bonds is 13. The highest BCUT2D eigenvalue weighted by Gasteiger charge is 2.38. The highest BCUT2D eigenvalue weighted by Crippen LogP contribution is 2.61. The molecule has 4 heteroatoms. The van der Waals surface area contributed by atoms with Gasteiger partial charge in [0.05, 0.1) is 31.3 Å². The minimum atomic E-state index is -0.925. The molecule has 0 spiro atoms. The Bertz CT molecular complexity index is 177. The van der Waals surface area contributed by atoms with Crippen LogP contribution >= 0.6 is 30.3 Å². The molecule has 0 saturated carbocycles. The zero-order valence-electron chi connectivity index (χ0n) is 13.0. The van der Waals surface area contributed by atoms with Gasteiger partial charge in [-0.05, 0) is 19.3 Å². The molecule has 1 unspecified atom stereocenters. The summed E-state index contributed by atoms with van der Waals surface area (Å²) < 4.78 is 5.44. The summed E-state index contributed by atoms with van der Waals surface area (Å²) in [6.07, 6.45) is 13.3. The van der Waals surface area contributed by atoms with E-state index in [1.54, 1.807) is 0 Å². The van der Waals surface area contributed by atoms with Gasteiger partial charge in [-0.25, -0.2) is 0 Å². The lowest BCUT2D eigenvalue weighted by atomic mass is 10.4. The molecule has 0 aliphatic carbocycles. The molecular weight excluding hydrogens is 370 g/mol. The van der Waals surface area contributed by atoms with Gasteiger partial charge in [0.15, 0.2) is 0 Å². The van der Waals surface area contributed by atoms with Gasteiger partial charge < -0.3 is 8.17 Å². The molecule has 0 radical (unpaired) electrons. The summed E-state index contributed by atoms with van der Waals surface area (Å²) >= 11 is 1.96. The van der Waals surface area contributed by atoms with Crippen LogP contribution in [0.2, 0.25) is 0 Å². The van der Waals surface area contributed by atoms with Gasteiger partial charge in [-0.2, -0.15) is 0 Å². The summed E-state index contributed by atoms with van der Waals surface area (Å²) in [6.45, 7) is 7.03. The van der Waals surface area contributed by atoms with E-state index >= 15 is 0 Å². The number of halogens is 1. The van der Waals surface area contributed by atoms with E-state index in [9.17, 15) is 5.11 Å². The Labute approximate surface area is 135 Å². The molecule has 0 aromatic carbocycles. The minimum absolute atomic E-state index is 0.0551. The van der Waals surface area contributed by atoms with Crippen molar-refractivity contribution in [3.63, 3.8) is 0 Å². The van der Waals surface area contributed by atoms with Crippen LogP contribution in [0.3, 0.4) is 0 Å². The number of hydrogen-bond acceptors (Lipinski definition) is 2. The van der Waals surface area contributed by atoms with Gasteiger partial charge in [0.1, 0.15) is 29.1 Å². The van der Waals surface area contributed by atoms with Crippen LogP contribution < -0.4 is 0 Å². The molecule has 0 rings (SSSR count). The Morgan fingerprint density at radius 1 is 0.947 bits per heavy atom. The third-order valence-corrected chi connectivity index (χ3v) is 9.57. The molecule has 0 fully saturated rings. The van der Waals surface area contributed by atoms with Crippen LogP contribution in [0, 0.1) is 0 Å². The van der Waals surface area contributed by atoms with E-state index < -0.39 is 7.26 Å². The van der Waals surface area contributed by atoms with Crippen LogP contribution in [0.1, 0.15) is 59.3 Å². The summed E-state index contributed by atoms with van der Waals surface area (Å²) in [6, 6.07) is 0. The van der Waals surface area contributed by atoms with Crippen LogP contribution in [0.5, 0.6) is 0 Å². The molecular formula is C15H33IO2P+. The first-order chi connectivity index (χ1) is 9.17. The van der Waals surface area contributed by atoms with Crippen molar-refractivity contribution in [1.82, 2.24) is 0 Å². The SMILES string of the molecule is CCCC[P+](CCCC)(CCCC)CC(CO)OI. The van der Waals surface area contributed by atoms with Gasteiger partial charge in [-0.3, -0.25) is 0 Å². The van der Waals surface area contributed by atoms with Crippen molar-refractivity contribution in [2.75, 3.05) is 31.3 Å². The fraction of sp³-hybridized carbons (Fsp3) is 1.00. The minimum Gasteiger partial charge on any atom is -0.393 e. The van der Waals surface area contributed by atoms with Crippen molar-refractivity contribution in [3.05, 3.63) is 0 Å². The Hall–Kier alpha value is 1.08. The van der Waals surface area contributed by atoms with E-state index in [0.29, 0.717) is 0 Å². The lowest BCUT2D eigenvalue weighted by Gasteiger charge is -2.30. The molecule has 0 bridgehead atoms. The molecule has 116 valence electrons. The Morgan fingerprint density at radius 2 is 1.37 bits per heavy atom. The second-order valence-electron chi connectivity index (χ2n) is 5.65. The molecule has 1 N–H and O–H groups in total. The third-order valence-electron chi connectivity index (χ3n) is 3.88. The van der Waals surface area contributed by atoms with Gasteiger partial charge in [0.25, 0.3) is 0 Å². The maximum atomic E-state index is 9.45. The summed E-state index contributed by atoms with van der Waals surface area (Å²) in [5.74, 6) is 0.